The first-order chi connectivity index (χ1) is 11.4. The van der Waals surface area contributed by atoms with Crippen molar-refractivity contribution in [3.63, 3.8) is 0 Å². The number of nitrogens with zero attached hydrogens (tertiary/aromatic N) is 3. The van der Waals surface area contributed by atoms with Crippen LogP contribution in [0.3, 0.4) is 0 Å². The van der Waals surface area contributed by atoms with Gasteiger partial charge in [-0.25, -0.2) is 0 Å². The molecule has 4 nitrogen and oxygen atoms in total. The van der Waals surface area contributed by atoms with Gasteiger partial charge in [0.1, 0.15) is 5.54 Å². The van der Waals surface area contributed by atoms with Gasteiger partial charge in [0, 0.05) is 5.69 Å². The molecular weight excluding hydrogens is 318 g/mol. The summed E-state index contributed by atoms with van der Waals surface area (Å²) in [6, 6.07) is 17.1. The zero-order valence-electron chi connectivity index (χ0n) is 13.8. The Bertz CT molecular complexity index is 868. The molecule has 1 aliphatic rings. The lowest BCUT2D eigenvalue weighted by atomic mass is 10.0. The van der Waals surface area contributed by atoms with Crippen LogP contribution in [0.4, 0.5) is 11.4 Å². The maximum atomic E-state index is 13.0. The SMILES string of the molecule is Cc1cc(N2C(=O)C(C)(C)N(c3ccccc3)C2=S)ccc1C#N. The van der Waals surface area contributed by atoms with Crippen molar-refractivity contribution in [2.24, 2.45) is 0 Å². The molecule has 120 valence electrons. The molecule has 2 aromatic carbocycles. The Balaban J connectivity index is 2.08. The number of carbonyl (C=O) groups excluding carboxylic acids is 1. The number of aryl methyl sites for hydroxylation is 1. The third-order valence-electron chi connectivity index (χ3n) is 4.27. The summed E-state index contributed by atoms with van der Waals surface area (Å²) in [6.07, 6.45) is 0. The molecule has 0 saturated carbocycles. The van der Waals surface area contributed by atoms with Gasteiger partial charge in [0.2, 0.25) is 0 Å². The van der Waals surface area contributed by atoms with Crippen LogP contribution < -0.4 is 9.80 Å². The number of para-hydroxylation sites is 1. The number of nitriles is 1. The number of rotatable bonds is 2. The van der Waals surface area contributed by atoms with Crippen molar-refractivity contribution < 1.29 is 4.79 Å². The van der Waals surface area contributed by atoms with E-state index in [-0.39, 0.29) is 5.91 Å². The molecule has 1 heterocycles. The third kappa shape index (κ3) is 2.36. The highest BCUT2D eigenvalue weighted by Crippen LogP contribution is 2.36. The summed E-state index contributed by atoms with van der Waals surface area (Å²) >= 11 is 5.62. The van der Waals surface area contributed by atoms with E-state index in [0.717, 1.165) is 11.3 Å². The van der Waals surface area contributed by atoms with Gasteiger partial charge in [-0.2, -0.15) is 5.26 Å². The largest absolute Gasteiger partial charge is 0.304 e. The van der Waals surface area contributed by atoms with Crippen molar-refractivity contribution in [2.75, 3.05) is 9.80 Å². The number of thiocarbonyl (C=S) groups is 1. The Labute approximate surface area is 146 Å². The van der Waals surface area contributed by atoms with E-state index in [9.17, 15) is 4.79 Å². The molecule has 24 heavy (non-hydrogen) atoms. The molecule has 0 bridgehead atoms. The molecule has 2 aromatic rings. The molecule has 5 heteroatoms. The lowest BCUT2D eigenvalue weighted by Gasteiger charge is -2.29. The highest BCUT2D eigenvalue weighted by molar-refractivity contribution is 7.81. The average Bonchev–Trinajstić information content (AvgIpc) is 2.73. The molecule has 3 rings (SSSR count). The van der Waals surface area contributed by atoms with E-state index in [1.165, 1.54) is 0 Å². The predicted molar refractivity (Wildman–Crippen MR) is 99.0 cm³/mol. The smallest absolute Gasteiger partial charge is 0.259 e. The van der Waals surface area contributed by atoms with Crippen LogP contribution in [0.15, 0.2) is 48.5 Å². The van der Waals surface area contributed by atoms with Gasteiger partial charge in [-0.3, -0.25) is 9.69 Å². The number of hydrogen-bond donors (Lipinski definition) is 0. The van der Waals surface area contributed by atoms with E-state index in [0.29, 0.717) is 16.4 Å². The number of amides is 1. The molecule has 0 atom stereocenters. The second-order valence-corrected chi connectivity index (χ2v) is 6.63. The summed E-state index contributed by atoms with van der Waals surface area (Å²) < 4.78 is 0. The quantitative estimate of drug-likeness (QED) is 0.784. The molecule has 1 aliphatic heterocycles. The number of hydrogen-bond acceptors (Lipinski definition) is 3. The van der Waals surface area contributed by atoms with Crippen LogP contribution >= 0.6 is 12.2 Å². The Morgan fingerprint density at radius 1 is 1.08 bits per heavy atom. The minimum atomic E-state index is -0.778. The summed E-state index contributed by atoms with van der Waals surface area (Å²) in [7, 11) is 0. The summed E-state index contributed by atoms with van der Waals surface area (Å²) in [6.45, 7) is 5.59. The van der Waals surface area contributed by atoms with Crippen LogP contribution in [0.5, 0.6) is 0 Å². The number of benzene rings is 2. The van der Waals surface area contributed by atoms with Crippen molar-refractivity contribution in [1.82, 2.24) is 0 Å². The molecule has 0 aliphatic carbocycles. The molecule has 0 radical (unpaired) electrons. The fourth-order valence-electron chi connectivity index (χ4n) is 2.95. The summed E-state index contributed by atoms with van der Waals surface area (Å²) in [5.41, 5.74) is 2.21. The van der Waals surface area contributed by atoms with Crippen LogP contribution in [-0.2, 0) is 4.79 Å². The molecular formula is C19H17N3OS. The van der Waals surface area contributed by atoms with E-state index in [4.69, 9.17) is 17.5 Å². The van der Waals surface area contributed by atoms with E-state index in [1.807, 2.05) is 62.1 Å². The fourth-order valence-corrected chi connectivity index (χ4v) is 3.47. The highest BCUT2D eigenvalue weighted by atomic mass is 32.1. The lowest BCUT2D eigenvalue weighted by Crippen LogP contribution is -2.44. The van der Waals surface area contributed by atoms with Crippen molar-refractivity contribution in [3.8, 4) is 6.07 Å². The predicted octanol–water partition coefficient (Wildman–Crippen LogP) is 3.78. The van der Waals surface area contributed by atoms with Gasteiger partial charge in [-0.15, -0.1) is 0 Å². The maximum Gasteiger partial charge on any atom is 0.259 e. The average molecular weight is 335 g/mol. The van der Waals surface area contributed by atoms with Gasteiger partial charge >= 0.3 is 0 Å². The van der Waals surface area contributed by atoms with Crippen LogP contribution in [0.1, 0.15) is 25.0 Å². The van der Waals surface area contributed by atoms with Crippen molar-refractivity contribution >= 4 is 34.6 Å². The zero-order valence-corrected chi connectivity index (χ0v) is 14.6. The minimum absolute atomic E-state index is 0.0829. The van der Waals surface area contributed by atoms with Crippen molar-refractivity contribution in [3.05, 3.63) is 59.7 Å². The van der Waals surface area contributed by atoms with E-state index in [2.05, 4.69) is 6.07 Å². The lowest BCUT2D eigenvalue weighted by molar-refractivity contribution is -0.120. The van der Waals surface area contributed by atoms with Gasteiger partial charge in [-0.05, 0) is 68.9 Å². The molecule has 0 unspecified atom stereocenters. The Morgan fingerprint density at radius 3 is 2.33 bits per heavy atom. The first-order valence-corrected chi connectivity index (χ1v) is 8.03. The van der Waals surface area contributed by atoms with Gasteiger partial charge in [0.25, 0.3) is 5.91 Å². The molecule has 1 saturated heterocycles. The first-order valence-electron chi connectivity index (χ1n) is 7.62. The molecule has 1 fully saturated rings. The summed E-state index contributed by atoms with van der Waals surface area (Å²) in [5, 5.41) is 9.53. The topological polar surface area (TPSA) is 47.3 Å². The molecule has 0 N–H and O–H groups in total. The standard InChI is InChI=1S/C19H17N3OS/c1-13-11-16(10-9-14(13)12-20)21-17(23)19(2,3)22(18(21)24)15-7-5-4-6-8-15/h4-11H,1-3H3. The van der Waals surface area contributed by atoms with Crippen LogP contribution in [0.2, 0.25) is 0 Å². The second kappa shape index (κ2) is 5.73. The van der Waals surface area contributed by atoms with Gasteiger partial charge < -0.3 is 4.90 Å². The molecule has 1 amide bonds. The molecule has 0 spiro atoms. The summed E-state index contributed by atoms with van der Waals surface area (Å²) in [5.74, 6) is -0.0829. The van der Waals surface area contributed by atoms with Crippen LogP contribution in [-0.4, -0.2) is 16.6 Å². The number of carbonyl (C=O) groups is 1. The normalized spacial score (nSPS) is 16.4. The van der Waals surface area contributed by atoms with Gasteiger partial charge in [-0.1, -0.05) is 18.2 Å². The zero-order chi connectivity index (χ0) is 17.5. The van der Waals surface area contributed by atoms with Crippen molar-refractivity contribution in [1.29, 1.82) is 5.26 Å². The van der Waals surface area contributed by atoms with E-state index < -0.39 is 5.54 Å². The Kier molecular flexibility index (Phi) is 3.86. The highest BCUT2D eigenvalue weighted by Gasteiger charge is 2.50. The van der Waals surface area contributed by atoms with Crippen LogP contribution in [0.25, 0.3) is 0 Å². The maximum absolute atomic E-state index is 13.0. The van der Waals surface area contributed by atoms with Gasteiger partial charge in [0.05, 0.1) is 17.3 Å². The summed E-state index contributed by atoms with van der Waals surface area (Å²) in [4.78, 5) is 16.4. The first kappa shape index (κ1) is 16.2. The second-order valence-electron chi connectivity index (χ2n) is 6.26. The molecule has 0 aromatic heterocycles. The monoisotopic (exact) mass is 335 g/mol. The Morgan fingerprint density at radius 2 is 1.75 bits per heavy atom. The Hall–Kier alpha value is -2.71. The van der Waals surface area contributed by atoms with Crippen molar-refractivity contribution in [2.45, 2.75) is 26.3 Å². The number of anilines is 2. The van der Waals surface area contributed by atoms with E-state index in [1.54, 1.807) is 17.0 Å². The van der Waals surface area contributed by atoms with Gasteiger partial charge in [0.15, 0.2) is 5.11 Å². The van der Waals surface area contributed by atoms with Crippen LogP contribution in [0, 0.1) is 18.3 Å². The fraction of sp³-hybridized carbons (Fsp3) is 0.211. The third-order valence-corrected chi connectivity index (χ3v) is 4.64. The van der Waals surface area contributed by atoms with E-state index >= 15 is 0 Å². The minimum Gasteiger partial charge on any atom is -0.304 e.